The SMILES string of the molecule is Cc1cc(CN2CC(C)OC(CO)C2)c2ccccc2n1. The van der Waals surface area contributed by atoms with E-state index in [-0.39, 0.29) is 18.8 Å². The zero-order valence-corrected chi connectivity index (χ0v) is 12.6. The minimum Gasteiger partial charge on any atom is -0.394 e. The van der Waals surface area contributed by atoms with Crippen molar-refractivity contribution >= 4 is 10.9 Å². The molecule has 1 aliphatic rings. The lowest BCUT2D eigenvalue weighted by Gasteiger charge is -2.36. The normalized spacial score (nSPS) is 23.6. The van der Waals surface area contributed by atoms with Gasteiger partial charge in [-0.05, 0) is 31.5 Å². The first kappa shape index (κ1) is 14.4. The van der Waals surface area contributed by atoms with Crippen LogP contribution in [0.2, 0.25) is 0 Å². The van der Waals surface area contributed by atoms with Crippen molar-refractivity contribution in [3.8, 4) is 0 Å². The number of pyridine rings is 1. The Balaban J connectivity index is 1.87. The molecule has 0 saturated carbocycles. The number of benzene rings is 1. The van der Waals surface area contributed by atoms with E-state index in [2.05, 4.69) is 41.1 Å². The van der Waals surface area contributed by atoms with Crippen molar-refractivity contribution < 1.29 is 9.84 Å². The molecular formula is C17H22N2O2. The number of rotatable bonds is 3. The van der Waals surface area contributed by atoms with Crippen molar-refractivity contribution in [3.05, 3.63) is 41.6 Å². The summed E-state index contributed by atoms with van der Waals surface area (Å²) in [5, 5.41) is 10.6. The van der Waals surface area contributed by atoms with Crippen LogP contribution in [-0.2, 0) is 11.3 Å². The maximum atomic E-state index is 9.35. The standard InChI is InChI=1S/C17H22N2O2/c1-12-7-14(16-5-3-4-6-17(16)18-12)9-19-8-13(2)21-15(10-19)11-20/h3-7,13,15,20H,8-11H2,1-2H3. The van der Waals surface area contributed by atoms with Crippen molar-refractivity contribution in [2.45, 2.75) is 32.6 Å². The number of morpholine rings is 1. The fraction of sp³-hybridized carbons (Fsp3) is 0.471. The second kappa shape index (κ2) is 6.10. The van der Waals surface area contributed by atoms with Crippen LogP contribution < -0.4 is 0 Å². The molecule has 0 amide bonds. The van der Waals surface area contributed by atoms with Gasteiger partial charge < -0.3 is 9.84 Å². The Bertz CT molecular complexity index is 629. The molecule has 0 aliphatic carbocycles. The van der Waals surface area contributed by atoms with E-state index in [9.17, 15) is 5.11 Å². The minimum atomic E-state index is -0.0806. The second-order valence-corrected chi connectivity index (χ2v) is 5.89. The fourth-order valence-corrected chi connectivity index (χ4v) is 3.14. The summed E-state index contributed by atoms with van der Waals surface area (Å²) >= 11 is 0. The fourth-order valence-electron chi connectivity index (χ4n) is 3.14. The summed E-state index contributed by atoms with van der Waals surface area (Å²) in [5.74, 6) is 0. The first-order chi connectivity index (χ1) is 10.2. The highest BCUT2D eigenvalue weighted by molar-refractivity contribution is 5.82. The number of hydrogen-bond acceptors (Lipinski definition) is 4. The molecule has 2 aromatic rings. The van der Waals surface area contributed by atoms with Crippen molar-refractivity contribution in [3.63, 3.8) is 0 Å². The van der Waals surface area contributed by atoms with E-state index in [0.717, 1.165) is 30.8 Å². The Morgan fingerprint density at radius 2 is 2.14 bits per heavy atom. The number of hydrogen-bond donors (Lipinski definition) is 1. The van der Waals surface area contributed by atoms with Gasteiger partial charge in [-0.3, -0.25) is 9.88 Å². The van der Waals surface area contributed by atoms with Gasteiger partial charge in [-0.15, -0.1) is 0 Å². The molecule has 1 aliphatic heterocycles. The Kier molecular flexibility index (Phi) is 4.19. The van der Waals surface area contributed by atoms with Crippen molar-refractivity contribution in [1.82, 2.24) is 9.88 Å². The van der Waals surface area contributed by atoms with Gasteiger partial charge in [0, 0.05) is 30.7 Å². The van der Waals surface area contributed by atoms with Crippen molar-refractivity contribution in [2.24, 2.45) is 0 Å². The second-order valence-electron chi connectivity index (χ2n) is 5.89. The summed E-state index contributed by atoms with van der Waals surface area (Å²) in [6, 6.07) is 10.4. The number of ether oxygens (including phenoxy) is 1. The largest absolute Gasteiger partial charge is 0.394 e. The van der Waals surface area contributed by atoms with Gasteiger partial charge >= 0.3 is 0 Å². The zero-order chi connectivity index (χ0) is 14.8. The van der Waals surface area contributed by atoms with E-state index < -0.39 is 0 Å². The van der Waals surface area contributed by atoms with Crippen molar-refractivity contribution in [2.75, 3.05) is 19.7 Å². The van der Waals surface area contributed by atoms with Gasteiger partial charge in [0.1, 0.15) is 0 Å². The third-order valence-electron chi connectivity index (χ3n) is 3.93. The molecule has 112 valence electrons. The van der Waals surface area contributed by atoms with Gasteiger partial charge in [-0.2, -0.15) is 0 Å². The van der Waals surface area contributed by atoms with Crippen LogP contribution in [-0.4, -0.2) is 46.9 Å². The summed E-state index contributed by atoms with van der Waals surface area (Å²) in [4.78, 5) is 6.95. The van der Waals surface area contributed by atoms with Crippen LogP contribution in [0.3, 0.4) is 0 Å². The first-order valence-electron chi connectivity index (χ1n) is 7.49. The summed E-state index contributed by atoms with van der Waals surface area (Å²) in [6.07, 6.45) is 0.0769. The predicted molar refractivity (Wildman–Crippen MR) is 83.2 cm³/mol. The topological polar surface area (TPSA) is 45.6 Å². The molecule has 4 heteroatoms. The molecule has 1 N–H and O–H groups in total. The number of aliphatic hydroxyl groups is 1. The molecule has 2 heterocycles. The van der Waals surface area contributed by atoms with Crippen LogP contribution >= 0.6 is 0 Å². The van der Waals surface area contributed by atoms with E-state index in [1.165, 1.54) is 10.9 Å². The molecule has 0 spiro atoms. The highest BCUT2D eigenvalue weighted by atomic mass is 16.5. The summed E-state index contributed by atoms with van der Waals surface area (Å²) in [7, 11) is 0. The Hall–Kier alpha value is -1.49. The van der Waals surface area contributed by atoms with E-state index in [0.29, 0.717) is 0 Å². The molecule has 0 bridgehead atoms. The van der Waals surface area contributed by atoms with E-state index in [4.69, 9.17) is 4.74 Å². The van der Waals surface area contributed by atoms with Gasteiger partial charge in [-0.25, -0.2) is 0 Å². The van der Waals surface area contributed by atoms with Gasteiger partial charge in [0.15, 0.2) is 0 Å². The summed E-state index contributed by atoms with van der Waals surface area (Å²) < 4.78 is 5.71. The third-order valence-corrected chi connectivity index (χ3v) is 3.93. The van der Waals surface area contributed by atoms with Crippen LogP contribution in [0.15, 0.2) is 30.3 Å². The maximum Gasteiger partial charge on any atom is 0.0936 e. The van der Waals surface area contributed by atoms with Gasteiger partial charge in [0.25, 0.3) is 0 Å². The highest BCUT2D eigenvalue weighted by Crippen LogP contribution is 2.21. The van der Waals surface area contributed by atoms with Crippen LogP contribution in [0.5, 0.6) is 0 Å². The van der Waals surface area contributed by atoms with Gasteiger partial charge in [-0.1, -0.05) is 18.2 Å². The minimum absolute atomic E-state index is 0.0803. The van der Waals surface area contributed by atoms with Crippen LogP contribution in [0.4, 0.5) is 0 Å². The molecule has 0 radical (unpaired) electrons. The molecule has 2 atom stereocenters. The summed E-state index contributed by atoms with van der Waals surface area (Å²) in [6.45, 7) is 6.72. The van der Waals surface area contributed by atoms with Crippen LogP contribution in [0, 0.1) is 6.92 Å². The lowest BCUT2D eigenvalue weighted by molar-refractivity contribution is -0.0971. The Morgan fingerprint density at radius 1 is 1.33 bits per heavy atom. The zero-order valence-electron chi connectivity index (χ0n) is 12.6. The lowest BCUT2D eigenvalue weighted by atomic mass is 10.1. The van der Waals surface area contributed by atoms with E-state index >= 15 is 0 Å². The quantitative estimate of drug-likeness (QED) is 0.939. The number of nitrogens with zero attached hydrogens (tertiary/aromatic N) is 2. The van der Waals surface area contributed by atoms with E-state index in [1.54, 1.807) is 0 Å². The highest BCUT2D eigenvalue weighted by Gasteiger charge is 2.25. The summed E-state index contributed by atoms with van der Waals surface area (Å²) in [5.41, 5.74) is 3.39. The molecule has 21 heavy (non-hydrogen) atoms. The number of aryl methyl sites for hydroxylation is 1. The Labute approximate surface area is 125 Å². The molecule has 3 rings (SSSR count). The van der Waals surface area contributed by atoms with Crippen LogP contribution in [0.25, 0.3) is 10.9 Å². The first-order valence-corrected chi connectivity index (χ1v) is 7.49. The van der Waals surface area contributed by atoms with Crippen molar-refractivity contribution in [1.29, 1.82) is 0 Å². The average Bonchev–Trinajstić information content (AvgIpc) is 2.46. The van der Waals surface area contributed by atoms with E-state index in [1.807, 2.05) is 13.0 Å². The van der Waals surface area contributed by atoms with Gasteiger partial charge in [0.05, 0.1) is 24.3 Å². The maximum absolute atomic E-state index is 9.35. The smallest absolute Gasteiger partial charge is 0.0936 e. The molecule has 1 aromatic carbocycles. The molecule has 2 unspecified atom stereocenters. The third kappa shape index (κ3) is 3.23. The molecule has 1 aromatic heterocycles. The number of fused-ring (bicyclic) bond motifs is 1. The molecule has 1 fully saturated rings. The number of para-hydroxylation sites is 1. The number of aromatic nitrogens is 1. The molecule has 4 nitrogen and oxygen atoms in total. The lowest BCUT2D eigenvalue weighted by Crippen LogP contribution is -2.47. The molecule has 1 saturated heterocycles. The average molecular weight is 286 g/mol. The van der Waals surface area contributed by atoms with Gasteiger partial charge in [0.2, 0.25) is 0 Å². The molecular weight excluding hydrogens is 264 g/mol. The monoisotopic (exact) mass is 286 g/mol. The predicted octanol–water partition coefficient (Wildman–Crippen LogP) is 2.12. The van der Waals surface area contributed by atoms with Crippen LogP contribution in [0.1, 0.15) is 18.2 Å². The Morgan fingerprint density at radius 3 is 2.95 bits per heavy atom. The number of aliphatic hydroxyl groups excluding tert-OH is 1.